The molecule has 0 aliphatic heterocycles. The lowest BCUT2D eigenvalue weighted by atomic mass is 9.87. The Balaban J connectivity index is 4.33. The van der Waals surface area contributed by atoms with Crippen LogP contribution in [-0.2, 0) is 0 Å². The zero-order valence-electron chi connectivity index (χ0n) is 11.7. The van der Waals surface area contributed by atoms with E-state index in [9.17, 15) is 5.11 Å². The van der Waals surface area contributed by atoms with Gasteiger partial charge in [-0.05, 0) is 33.4 Å². The maximum absolute atomic E-state index is 9.77. The number of oxime groups is 1. The average molecular weight is 245 g/mol. The van der Waals surface area contributed by atoms with Gasteiger partial charge in [-0.1, -0.05) is 25.9 Å². The Bertz CT molecular complexity index is 257. The van der Waals surface area contributed by atoms with Gasteiger partial charge in [-0.3, -0.25) is 0 Å². The summed E-state index contributed by atoms with van der Waals surface area (Å²) >= 11 is 0. The second-order valence-electron chi connectivity index (χ2n) is 5.80. The minimum Gasteiger partial charge on any atom is -0.409 e. The number of rotatable bonds is 7. The van der Waals surface area contributed by atoms with Gasteiger partial charge in [0.15, 0.2) is 0 Å². The molecule has 0 spiro atoms. The molecule has 0 aliphatic carbocycles. The van der Waals surface area contributed by atoms with Gasteiger partial charge in [-0.2, -0.15) is 0 Å². The summed E-state index contributed by atoms with van der Waals surface area (Å²) in [4.78, 5) is 2.16. The summed E-state index contributed by atoms with van der Waals surface area (Å²) in [6, 6.07) is 0. The zero-order chi connectivity index (χ0) is 13.7. The number of likely N-dealkylation sites (N-methyl/N-ethyl adjacent to an activating group) is 1. The molecule has 0 fully saturated rings. The van der Waals surface area contributed by atoms with Crippen molar-refractivity contribution < 1.29 is 10.3 Å². The maximum Gasteiger partial charge on any atom is 0.144 e. The van der Waals surface area contributed by atoms with Crippen LogP contribution in [0.25, 0.3) is 0 Å². The fraction of sp³-hybridized carbons (Fsp3) is 0.917. The molecule has 0 unspecified atom stereocenters. The Labute approximate surface area is 104 Å². The normalized spacial score (nSPS) is 14.4. The van der Waals surface area contributed by atoms with Crippen molar-refractivity contribution in [2.75, 3.05) is 19.6 Å². The molecule has 0 radical (unpaired) electrons. The summed E-state index contributed by atoms with van der Waals surface area (Å²) in [5.74, 6) is 0.247. The molecule has 5 heteroatoms. The molecule has 17 heavy (non-hydrogen) atoms. The van der Waals surface area contributed by atoms with Gasteiger partial charge >= 0.3 is 0 Å². The van der Waals surface area contributed by atoms with Crippen molar-refractivity contribution in [2.45, 2.75) is 46.6 Å². The molecule has 0 bridgehead atoms. The van der Waals surface area contributed by atoms with Gasteiger partial charge < -0.3 is 20.9 Å². The van der Waals surface area contributed by atoms with Crippen LogP contribution in [0.2, 0.25) is 0 Å². The molecule has 0 heterocycles. The van der Waals surface area contributed by atoms with Gasteiger partial charge in [-0.25, -0.2) is 0 Å². The van der Waals surface area contributed by atoms with Gasteiger partial charge in [-0.15, -0.1) is 0 Å². The molecule has 102 valence electrons. The third-order valence-electron chi connectivity index (χ3n) is 2.91. The molecule has 5 nitrogen and oxygen atoms in total. The van der Waals surface area contributed by atoms with E-state index >= 15 is 0 Å². The number of aliphatic hydroxyl groups is 1. The SMILES string of the molecule is CCN(CCC(C)(C)C(N)=NO)CC(C)(C)O. The van der Waals surface area contributed by atoms with Crippen LogP contribution in [0.1, 0.15) is 41.0 Å². The highest BCUT2D eigenvalue weighted by molar-refractivity contribution is 5.85. The fourth-order valence-corrected chi connectivity index (χ4v) is 1.60. The van der Waals surface area contributed by atoms with Crippen molar-refractivity contribution in [1.29, 1.82) is 0 Å². The van der Waals surface area contributed by atoms with E-state index in [2.05, 4.69) is 17.0 Å². The van der Waals surface area contributed by atoms with E-state index in [1.165, 1.54) is 0 Å². The first kappa shape index (κ1) is 16.2. The molecule has 0 atom stereocenters. The van der Waals surface area contributed by atoms with Crippen LogP contribution in [0.5, 0.6) is 0 Å². The van der Waals surface area contributed by atoms with Crippen molar-refractivity contribution in [1.82, 2.24) is 4.90 Å². The van der Waals surface area contributed by atoms with Crippen molar-refractivity contribution in [2.24, 2.45) is 16.3 Å². The molecule has 0 amide bonds. The van der Waals surface area contributed by atoms with Crippen molar-refractivity contribution in [3.63, 3.8) is 0 Å². The smallest absolute Gasteiger partial charge is 0.144 e. The minimum absolute atomic E-state index is 0.247. The topological polar surface area (TPSA) is 82.1 Å². The molecular weight excluding hydrogens is 218 g/mol. The van der Waals surface area contributed by atoms with Crippen LogP contribution >= 0.6 is 0 Å². The Kier molecular flexibility index (Phi) is 5.92. The quantitative estimate of drug-likeness (QED) is 0.273. The van der Waals surface area contributed by atoms with Gasteiger partial charge in [0.25, 0.3) is 0 Å². The molecule has 0 aromatic carbocycles. The Morgan fingerprint density at radius 3 is 2.18 bits per heavy atom. The van der Waals surface area contributed by atoms with Gasteiger partial charge in [0.05, 0.1) is 5.60 Å². The zero-order valence-corrected chi connectivity index (χ0v) is 11.7. The lowest BCUT2D eigenvalue weighted by Crippen LogP contribution is -2.41. The van der Waals surface area contributed by atoms with Crippen LogP contribution in [-0.4, -0.2) is 46.3 Å². The lowest BCUT2D eigenvalue weighted by Gasteiger charge is -2.31. The van der Waals surface area contributed by atoms with E-state index in [1.54, 1.807) is 13.8 Å². The number of hydrogen-bond acceptors (Lipinski definition) is 4. The Morgan fingerprint density at radius 2 is 1.82 bits per heavy atom. The largest absolute Gasteiger partial charge is 0.409 e. The molecule has 0 aromatic rings. The summed E-state index contributed by atoms with van der Waals surface area (Å²) in [7, 11) is 0. The van der Waals surface area contributed by atoms with Gasteiger partial charge in [0.2, 0.25) is 0 Å². The third-order valence-corrected chi connectivity index (χ3v) is 2.91. The summed E-state index contributed by atoms with van der Waals surface area (Å²) < 4.78 is 0. The summed E-state index contributed by atoms with van der Waals surface area (Å²) in [5.41, 5.74) is 4.61. The van der Waals surface area contributed by atoms with Crippen LogP contribution in [0.15, 0.2) is 5.16 Å². The van der Waals surface area contributed by atoms with Crippen LogP contribution in [0.4, 0.5) is 0 Å². The number of nitrogens with zero attached hydrogens (tertiary/aromatic N) is 2. The molecule has 0 saturated heterocycles. The molecule has 0 saturated carbocycles. The van der Waals surface area contributed by atoms with E-state index < -0.39 is 5.60 Å². The molecular formula is C12H27N3O2. The number of nitrogens with two attached hydrogens (primary N) is 1. The second-order valence-corrected chi connectivity index (χ2v) is 5.80. The van der Waals surface area contributed by atoms with Gasteiger partial charge in [0.1, 0.15) is 5.84 Å². The Morgan fingerprint density at radius 1 is 1.29 bits per heavy atom. The van der Waals surface area contributed by atoms with Crippen molar-refractivity contribution >= 4 is 5.84 Å². The van der Waals surface area contributed by atoms with E-state index in [0.717, 1.165) is 19.5 Å². The van der Waals surface area contributed by atoms with Crippen LogP contribution in [0.3, 0.4) is 0 Å². The van der Waals surface area contributed by atoms with E-state index in [4.69, 9.17) is 10.9 Å². The monoisotopic (exact) mass is 245 g/mol. The second kappa shape index (κ2) is 6.21. The van der Waals surface area contributed by atoms with Gasteiger partial charge in [0, 0.05) is 12.0 Å². The maximum atomic E-state index is 9.77. The molecule has 4 N–H and O–H groups in total. The highest BCUT2D eigenvalue weighted by atomic mass is 16.4. The van der Waals surface area contributed by atoms with E-state index in [0.29, 0.717) is 6.54 Å². The first-order chi connectivity index (χ1) is 7.62. The van der Waals surface area contributed by atoms with Crippen LogP contribution in [0, 0.1) is 5.41 Å². The lowest BCUT2D eigenvalue weighted by molar-refractivity contribution is 0.0356. The fourth-order valence-electron chi connectivity index (χ4n) is 1.60. The van der Waals surface area contributed by atoms with E-state index in [1.807, 2.05) is 13.8 Å². The minimum atomic E-state index is -0.698. The van der Waals surface area contributed by atoms with Crippen molar-refractivity contribution in [3.8, 4) is 0 Å². The van der Waals surface area contributed by atoms with Crippen molar-refractivity contribution in [3.05, 3.63) is 0 Å². The molecule has 0 rings (SSSR count). The predicted octanol–water partition coefficient (Wildman–Crippen LogP) is 1.24. The number of amidine groups is 1. The predicted molar refractivity (Wildman–Crippen MR) is 70.2 cm³/mol. The summed E-state index contributed by atoms with van der Waals surface area (Å²) in [5, 5.41) is 21.5. The first-order valence-electron chi connectivity index (χ1n) is 6.05. The van der Waals surface area contributed by atoms with E-state index in [-0.39, 0.29) is 11.3 Å². The molecule has 0 aromatic heterocycles. The summed E-state index contributed by atoms with van der Waals surface area (Å²) in [6.07, 6.45) is 0.785. The van der Waals surface area contributed by atoms with Crippen LogP contribution < -0.4 is 5.73 Å². The Hall–Kier alpha value is -0.810. The first-order valence-corrected chi connectivity index (χ1v) is 6.05. The standard InChI is InChI=1S/C12H27N3O2/c1-6-15(9-12(4,5)16)8-7-11(2,3)10(13)14-17/h16-17H,6-9H2,1-5H3,(H2,13,14). The average Bonchev–Trinajstić information content (AvgIpc) is 2.21. The number of hydrogen-bond donors (Lipinski definition) is 3. The third kappa shape index (κ3) is 6.48. The highest BCUT2D eigenvalue weighted by Gasteiger charge is 2.25. The summed E-state index contributed by atoms with van der Waals surface area (Å²) in [6.45, 7) is 11.8. The molecule has 0 aliphatic rings. The highest BCUT2D eigenvalue weighted by Crippen LogP contribution is 2.21.